The summed E-state index contributed by atoms with van der Waals surface area (Å²) in [6.45, 7) is 0.707. The lowest BCUT2D eigenvalue weighted by Crippen LogP contribution is -2.28. The zero-order valence-electron chi connectivity index (χ0n) is 15.4. The maximum absolute atomic E-state index is 12.4. The molecule has 2 amide bonds. The molecule has 0 unspecified atom stereocenters. The minimum Gasteiger partial charge on any atom is -0.307 e. The second-order valence-corrected chi connectivity index (χ2v) is 8.12. The summed E-state index contributed by atoms with van der Waals surface area (Å²) in [5.41, 5.74) is 6.32. The van der Waals surface area contributed by atoms with Crippen LogP contribution in [0, 0.1) is 12.3 Å². The van der Waals surface area contributed by atoms with E-state index in [2.05, 4.69) is 37.0 Å². The summed E-state index contributed by atoms with van der Waals surface area (Å²) in [5.74, 6) is 2.63. The van der Waals surface area contributed by atoms with Crippen LogP contribution in [0.5, 0.6) is 0 Å². The van der Waals surface area contributed by atoms with E-state index in [9.17, 15) is 4.79 Å². The first-order valence-corrected chi connectivity index (χ1v) is 10.5. The standard InChI is InChI=1S/C20H25N5OS/c1-2-3-10-20(24-25-20)11-12-21-27-23-19(26)22-18-16-8-4-6-14(16)13-15-7-5-9-17(15)18/h1,13,21H,3-12H2,(H2,22,23,26). The third-order valence-electron chi connectivity index (χ3n) is 5.61. The molecule has 142 valence electrons. The molecular weight excluding hydrogens is 358 g/mol. The molecule has 1 aliphatic heterocycles. The van der Waals surface area contributed by atoms with Gasteiger partial charge in [0.15, 0.2) is 5.66 Å². The molecule has 2 aliphatic carbocycles. The Balaban J connectivity index is 1.25. The summed E-state index contributed by atoms with van der Waals surface area (Å²) < 4.78 is 5.98. The molecule has 0 bridgehead atoms. The number of rotatable bonds is 8. The fourth-order valence-corrected chi connectivity index (χ4v) is 4.58. The second-order valence-electron chi connectivity index (χ2n) is 7.42. The fraction of sp³-hybridized carbons (Fsp3) is 0.550. The summed E-state index contributed by atoms with van der Waals surface area (Å²) in [4.78, 5) is 12.4. The molecular formula is C20H25N5OS. The van der Waals surface area contributed by atoms with Crippen molar-refractivity contribution in [3.63, 3.8) is 0 Å². The van der Waals surface area contributed by atoms with Gasteiger partial charge in [-0.05, 0) is 60.8 Å². The molecule has 1 heterocycles. The summed E-state index contributed by atoms with van der Waals surface area (Å²) in [6, 6.07) is 2.19. The van der Waals surface area contributed by atoms with Gasteiger partial charge in [0.05, 0.1) is 0 Å². The van der Waals surface area contributed by atoms with Crippen LogP contribution < -0.4 is 14.8 Å². The minimum atomic E-state index is -0.284. The Morgan fingerprint density at radius 1 is 1.15 bits per heavy atom. The highest BCUT2D eigenvalue weighted by atomic mass is 32.2. The molecule has 0 atom stereocenters. The minimum absolute atomic E-state index is 0.176. The number of terminal acetylenes is 1. The Kier molecular flexibility index (Phi) is 5.37. The number of benzene rings is 1. The van der Waals surface area contributed by atoms with Gasteiger partial charge < -0.3 is 5.32 Å². The SMILES string of the molecule is C#CCCC1(CCNSNC(=O)Nc2c3c(cc4c2CCC4)CCC3)N=N1. The molecule has 7 heteroatoms. The van der Waals surface area contributed by atoms with Crippen LogP contribution in [0.15, 0.2) is 16.3 Å². The topological polar surface area (TPSA) is 77.9 Å². The first kappa shape index (κ1) is 18.3. The van der Waals surface area contributed by atoms with Gasteiger partial charge in [-0.2, -0.15) is 10.2 Å². The second kappa shape index (κ2) is 7.91. The lowest BCUT2D eigenvalue weighted by molar-refractivity contribution is 0.257. The van der Waals surface area contributed by atoms with Gasteiger partial charge in [-0.25, -0.2) is 9.52 Å². The van der Waals surface area contributed by atoms with E-state index in [-0.39, 0.29) is 11.7 Å². The number of carbonyl (C=O) groups excluding carboxylic acids is 1. The van der Waals surface area contributed by atoms with Crippen LogP contribution in [-0.4, -0.2) is 18.2 Å². The fourth-order valence-electron chi connectivity index (χ4n) is 4.16. The first-order valence-electron chi connectivity index (χ1n) is 9.70. The summed E-state index contributed by atoms with van der Waals surface area (Å²) in [7, 11) is 0. The van der Waals surface area contributed by atoms with Crippen LogP contribution in [-0.2, 0) is 25.7 Å². The van der Waals surface area contributed by atoms with E-state index in [0.717, 1.165) is 44.2 Å². The van der Waals surface area contributed by atoms with Crippen molar-refractivity contribution >= 4 is 23.9 Å². The van der Waals surface area contributed by atoms with E-state index >= 15 is 0 Å². The molecule has 3 aliphatic rings. The predicted molar refractivity (Wildman–Crippen MR) is 109 cm³/mol. The van der Waals surface area contributed by atoms with E-state index in [1.54, 1.807) is 0 Å². The molecule has 6 nitrogen and oxygen atoms in total. The Morgan fingerprint density at radius 2 is 1.85 bits per heavy atom. The molecule has 1 aromatic rings. The van der Waals surface area contributed by atoms with Gasteiger partial charge in [0.2, 0.25) is 0 Å². The lowest BCUT2D eigenvalue weighted by atomic mass is 9.99. The number of carbonyl (C=O) groups is 1. The van der Waals surface area contributed by atoms with Gasteiger partial charge in [0, 0.05) is 43.6 Å². The van der Waals surface area contributed by atoms with Gasteiger partial charge in [-0.15, -0.1) is 12.3 Å². The zero-order valence-corrected chi connectivity index (χ0v) is 16.3. The van der Waals surface area contributed by atoms with E-state index in [0.29, 0.717) is 13.0 Å². The Hall–Kier alpha value is -2.04. The van der Waals surface area contributed by atoms with E-state index in [4.69, 9.17) is 6.42 Å². The molecule has 27 heavy (non-hydrogen) atoms. The van der Waals surface area contributed by atoms with Crippen LogP contribution in [0.2, 0.25) is 0 Å². The largest absolute Gasteiger partial charge is 0.330 e. The smallest absolute Gasteiger partial charge is 0.307 e. The van der Waals surface area contributed by atoms with Gasteiger partial charge in [0.25, 0.3) is 0 Å². The first-order chi connectivity index (χ1) is 13.2. The third kappa shape index (κ3) is 4.12. The van der Waals surface area contributed by atoms with Crippen LogP contribution in [0.4, 0.5) is 10.5 Å². The average Bonchev–Trinajstić information content (AvgIpc) is 3.06. The van der Waals surface area contributed by atoms with Crippen LogP contribution >= 0.6 is 12.1 Å². The Morgan fingerprint density at radius 3 is 2.48 bits per heavy atom. The number of anilines is 1. The van der Waals surface area contributed by atoms with Crippen molar-refractivity contribution in [3.05, 3.63) is 28.3 Å². The normalized spacial score (nSPS) is 17.9. The molecule has 0 spiro atoms. The van der Waals surface area contributed by atoms with Crippen molar-refractivity contribution in [2.24, 2.45) is 10.2 Å². The molecule has 4 rings (SSSR count). The number of urea groups is 1. The lowest BCUT2D eigenvalue weighted by Gasteiger charge is -2.16. The quantitative estimate of drug-likeness (QED) is 0.362. The third-order valence-corrected chi connectivity index (χ3v) is 6.24. The molecule has 1 aromatic carbocycles. The number of hydrogen-bond donors (Lipinski definition) is 3. The zero-order chi connectivity index (χ0) is 18.7. The maximum atomic E-state index is 12.4. The van der Waals surface area contributed by atoms with E-state index in [1.165, 1.54) is 47.2 Å². The van der Waals surface area contributed by atoms with Crippen molar-refractivity contribution in [2.75, 3.05) is 11.9 Å². The molecule has 0 fully saturated rings. The van der Waals surface area contributed by atoms with Gasteiger partial charge in [-0.3, -0.25) is 4.72 Å². The molecule has 0 aromatic heterocycles. The van der Waals surface area contributed by atoms with Gasteiger partial charge in [0.1, 0.15) is 0 Å². The Labute approximate surface area is 164 Å². The number of nitrogens with one attached hydrogen (secondary N) is 3. The molecule has 0 saturated heterocycles. The molecule has 3 N–H and O–H groups in total. The predicted octanol–water partition coefficient (Wildman–Crippen LogP) is 3.90. The van der Waals surface area contributed by atoms with Crippen LogP contribution in [0.25, 0.3) is 0 Å². The number of amides is 2. The van der Waals surface area contributed by atoms with Gasteiger partial charge in [-0.1, -0.05) is 6.07 Å². The number of aryl methyl sites for hydroxylation is 2. The van der Waals surface area contributed by atoms with Crippen molar-refractivity contribution in [3.8, 4) is 12.3 Å². The molecule has 0 saturated carbocycles. The highest BCUT2D eigenvalue weighted by molar-refractivity contribution is 7.96. The monoisotopic (exact) mass is 383 g/mol. The highest BCUT2D eigenvalue weighted by Gasteiger charge is 2.38. The van der Waals surface area contributed by atoms with E-state index in [1.807, 2.05) is 0 Å². The number of fused-ring (bicyclic) bond motifs is 2. The Bertz CT molecular complexity index is 775. The van der Waals surface area contributed by atoms with Crippen molar-refractivity contribution in [2.45, 2.75) is 63.5 Å². The number of nitrogens with zero attached hydrogens (tertiary/aromatic N) is 2. The summed E-state index contributed by atoms with van der Waals surface area (Å²) in [5, 5.41) is 11.3. The summed E-state index contributed by atoms with van der Waals surface area (Å²) in [6.07, 6.45) is 14.3. The highest BCUT2D eigenvalue weighted by Crippen LogP contribution is 2.38. The maximum Gasteiger partial charge on any atom is 0.330 e. The van der Waals surface area contributed by atoms with E-state index < -0.39 is 0 Å². The number of hydrogen-bond acceptors (Lipinski definition) is 5. The average molecular weight is 384 g/mol. The van der Waals surface area contributed by atoms with Gasteiger partial charge >= 0.3 is 6.03 Å². The van der Waals surface area contributed by atoms with Crippen LogP contribution in [0.1, 0.15) is 54.4 Å². The summed E-state index contributed by atoms with van der Waals surface area (Å²) >= 11 is 1.20. The van der Waals surface area contributed by atoms with Crippen molar-refractivity contribution in [1.82, 2.24) is 9.44 Å². The van der Waals surface area contributed by atoms with Crippen molar-refractivity contribution < 1.29 is 4.79 Å². The van der Waals surface area contributed by atoms with Crippen LogP contribution in [0.3, 0.4) is 0 Å². The van der Waals surface area contributed by atoms with Crippen molar-refractivity contribution in [1.29, 1.82) is 0 Å². The molecule has 0 radical (unpaired) electrons.